The number of anilines is 1. The van der Waals surface area contributed by atoms with Gasteiger partial charge in [0.05, 0.1) is 17.4 Å². The largest absolute Gasteiger partial charge is 0.298 e. The third-order valence-corrected chi connectivity index (χ3v) is 9.05. The first-order valence-corrected chi connectivity index (χ1v) is 16.8. The van der Waals surface area contributed by atoms with E-state index in [2.05, 4.69) is 193 Å². The molecule has 1 unspecified atom stereocenters. The van der Waals surface area contributed by atoms with Crippen LogP contribution in [0, 0.1) is 0 Å². The minimum absolute atomic E-state index is 0.0521. The molecule has 0 bridgehead atoms. The Bertz CT molecular complexity index is 1500. The molecular weight excluding hydrogens is 544 g/mol. The summed E-state index contributed by atoms with van der Waals surface area (Å²) >= 11 is 0. The molecule has 0 saturated heterocycles. The van der Waals surface area contributed by atoms with E-state index in [-0.39, 0.29) is 33.1 Å². The Labute approximate surface area is 276 Å². The zero-order valence-corrected chi connectivity index (χ0v) is 31.0. The summed E-state index contributed by atoms with van der Waals surface area (Å²) in [5, 5.41) is 2.34. The van der Waals surface area contributed by atoms with Gasteiger partial charge < -0.3 is 0 Å². The third kappa shape index (κ3) is 8.32. The van der Waals surface area contributed by atoms with Crippen LogP contribution in [-0.4, -0.2) is 0 Å². The van der Waals surface area contributed by atoms with Crippen molar-refractivity contribution in [3.63, 3.8) is 0 Å². The molecular formula is C43H60N2. The van der Waals surface area contributed by atoms with Crippen molar-refractivity contribution >= 4 is 11.8 Å². The topological polar surface area (TPSA) is 15.3 Å². The Morgan fingerprint density at radius 3 is 1.29 bits per heavy atom. The highest BCUT2D eigenvalue weighted by Gasteiger charge is 2.30. The molecule has 0 saturated carbocycles. The lowest BCUT2D eigenvalue weighted by Gasteiger charge is -2.31. The van der Waals surface area contributed by atoms with E-state index in [1.54, 1.807) is 0 Å². The van der Waals surface area contributed by atoms with Gasteiger partial charge in [-0.3, -0.25) is 10.4 Å². The summed E-state index contributed by atoms with van der Waals surface area (Å²) < 4.78 is 0. The molecule has 0 spiro atoms. The first kappa shape index (κ1) is 34.6. The second-order valence-electron chi connectivity index (χ2n) is 18.4. The van der Waals surface area contributed by atoms with Gasteiger partial charge in [0.25, 0.3) is 0 Å². The molecule has 1 aliphatic heterocycles. The molecule has 242 valence electrons. The number of hydrogen-bond acceptors (Lipinski definition) is 2. The van der Waals surface area contributed by atoms with Gasteiger partial charge in [-0.15, -0.1) is 0 Å². The van der Waals surface area contributed by atoms with Crippen molar-refractivity contribution in [1.29, 1.82) is 0 Å². The first-order chi connectivity index (χ1) is 20.4. The summed E-state index contributed by atoms with van der Waals surface area (Å²) in [5.74, 6) is 0. The molecule has 45 heavy (non-hydrogen) atoms. The van der Waals surface area contributed by atoms with Crippen molar-refractivity contribution in [3.8, 4) is 0 Å². The Kier molecular flexibility index (Phi) is 9.10. The van der Waals surface area contributed by atoms with E-state index < -0.39 is 0 Å². The van der Waals surface area contributed by atoms with Gasteiger partial charge in [-0.25, -0.2) is 0 Å². The quantitative estimate of drug-likeness (QED) is 0.319. The molecule has 1 aliphatic rings. The zero-order chi connectivity index (χ0) is 33.8. The Morgan fingerprint density at radius 1 is 0.489 bits per heavy atom. The zero-order valence-electron chi connectivity index (χ0n) is 31.0. The first-order valence-electron chi connectivity index (χ1n) is 16.8. The van der Waals surface area contributed by atoms with Crippen LogP contribution in [0.4, 0.5) is 5.69 Å². The maximum absolute atomic E-state index is 3.80. The fraction of sp³-hybridized carbons (Fsp3) is 0.488. The standard InChI is InChI=1S/C43H60N2/c1-39(2,3)31-17-20-37(21-18-31)45-38(30-24-34(42(10,11)12)27-35(25-30)43(13,14)15)28-36(44-45)19-16-29-22-32(40(4,5)6)26-33(23-29)41(7,8)9/h16-28,38,44H,1-15H3. The summed E-state index contributed by atoms with van der Waals surface area (Å²) in [7, 11) is 0. The lowest BCUT2D eigenvalue weighted by molar-refractivity contribution is 0.564. The fourth-order valence-electron chi connectivity index (χ4n) is 5.66. The summed E-state index contributed by atoms with van der Waals surface area (Å²) in [4.78, 5) is 0. The van der Waals surface area contributed by atoms with E-state index in [0.717, 1.165) is 11.4 Å². The molecule has 0 aromatic heterocycles. The number of rotatable bonds is 4. The highest BCUT2D eigenvalue weighted by Crippen LogP contribution is 2.39. The Hall–Kier alpha value is -3.26. The summed E-state index contributed by atoms with van der Waals surface area (Å²) in [6, 6.07) is 23.5. The van der Waals surface area contributed by atoms with Gasteiger partial charge in [0.2, 0.25) is 0 Å². The average Bonchev–Trinajstić information content (AvgIpc) is 3.33. The van der Waals surface area contributed by atoms with Crippen molar-refractivity contribution in [1.82, 2.24) is 5.43 Å². The van der Waals surface area contributed by atoms with Crippen molar-refractivity contribution < 1.29 is 0 Å². The molecule has 0 amide bonds. The van der Waals surface area contributed by atoms with Crippen LogP contribution in [0.15, 0.2) is 78.5 Å². The normalized spacial score (nSPS) is 16.7. The predicted molar refractivity (Wildman–Crippen MR) is 198 cm³/mol. The molecule has 0 aliphatic carbocycles. The number of hydrazine groups is 1. The van der Waals surface area contributed by atoms with Crippen molar-refractivity contribution in [2.75, 3.05) is 5.01 Å². The molecule has 1 N–H and O–H groups in total. The second kappa shape index (κ2) is 11.8. The van der Waals surface area contributed by atoms with E-state index in [1.807, 2.05) is 0 Å². The van der Waals surface area contributed by atoms with Crippen molar-refractivity contribution in [2.24, 2.45) is 0 Å². The van der Waals surface area contributed by atoms with E-state index >= 15 is 0 Å². The van der Waals surface area contributed by atoms with Crippen LogP contribution in [0.5, 0.6) is 0 Å². The highest BCUT2D eigenvalue weighted by molar-refractivity contribution is 5.60. The molecule has 2 heteroatoms. The van der Waals surface area contributed by atoms with Crippen LogP contribution in [0.25, 0.3) is 6.08 Å². The van der Waals surface area contributed by atoms with E-state index in [1.165, 1.54) is 38.9 Å². The van der Waals surface area contributed by atoms with E-state index in [0.29, 0.717) is 0 Å². The summed E-state index contributed by atoms with van der Waals surface area (Å²) in [5.41, 5.74) is 15.8. The molecule has 3 aromatic rings. The molecule has 0 fully saturated rings. The monoisotopic (exact) mass is 604 g/mol. The predicted octanol–water partition coefficient (Wildman–Crippen LogP) is 11.8. The Balaban J connectivity index is 1.83. The van der Waals surface area contributed by atoms with Crippen LogP contribution in [0.3, 0.4) is 0 Å². The van der Waals surface area contributed by atoms with Crippen LogP contribution in [0.2, 0.25) is 0 Å². The minimum atomic E-state index is 0.0521. The maximum atomic E-state index is 3.80. The Morgan fingerprint density at radius 2 is 0.889 bits per heavy atom. The van der Waals surface area contributed by atoms with Crippen molar-refractivity contribution in [2.45, 2.75) is 137 Å². The number of nitrogens with one attached hydrogen (secondary N) is 1. The summed E-state index contributed by atoms with van der Waals surface area (Å²) in [6.07, 6.45) is 6.92. The minimum Gasteiger partial charge on any atom is -0.298 e. The summed E-state index contributed by atoms with van der Waals surface area (Å²) in [6.45, 7) is 34.5. The lowest BCUT2D eigenvalue weighted by atomic mass is 9.79. The second-order valence-corrected chi connectivity index (χ2v) is 18.4. The van der Waals surface area contributed by atoms with Gasteiger partial charge in [-0.1, -0.05) is 158 Å². The molecule has 0 radical (unpaired) electrons. The smallest absolute Gasteiger partial charge is 0.0958 e. The number of nitrogens with zero attached hydrogens (tertiary/aromatic N) is 1. The maximum Gasteiger partial charge on any atom is 0.0958 e. The number of hydrogen-bond donors (Lipinski definition) is 1. The van der Waals surface area contributed by atoms with E-state index in [4.69, 9.17) is 0 Å². The van der Waals surface area contributed by atoms with Gasteiger partial charge in [0.15, 0.2) is 0 Å². The van der Waals surface area contributed by atoms with Crippen molar-refractivity contribution in [3.05, 3.63) is 117 Å². The fourth-order valence-corrected chi connectivity index (χ4v) is 5.66. The van der Waals surface area contributed by atoms with Crippen LogP contribution in [-0.2, 0) is 27.1 Å². The van der Waals surface area contributed by atoms with Gasteiger partial charge in [-0.05, 0) is 90.3 Å². The van der Waals surface area contributed by atoms with E-state index in [9.17, 15) is 0 Å². The van der Waals surface area contributed by atoms with Crippen LogP contribution < -0.4 is 10.4 Å². The van der Waals surface area contributed by atoms with Crippen LogP contribution >= 0.6 is 0 Å². The molecule has 2 nitrogen and oxygen atoms in total. The van der Waals surface area contributed by atoms with Gasteiger partial charge in [-0.2, -0.15) is 0 Å². The molecule has 1 atom stereocenters. The van der Waals surface area contributed by atoms with Gasteiger partial charge in [0.1, 0.15) is 0 Å². The highest BCUT2D eigenvalue weighted by atomic mass is 15.5. The third-order valence-electron chi connectivity index (χ3n) is 9.05. The molecule has 1 heterocycles. The molecule has 3 aromatic carbocycles. The molecule has 4 rings (SSSR count). The number of benzene rings is 3. The van der Waals surface area contributed by atoms with Crippen LogP contribution in [0.1, 0.15) is 149 Å². The number of allylic oxidation sites excluding steroid dienone is 1. The van der Waals surface area contributed by atoms with Gasteiger partial charge >= 0.3 is 0 Å². The SMILES string of the molecule is CC(C)(C)c1ccc(N2NC(C=Cc3cc(C(C)(C)C)cc(C(C)(C)C)c3)=CC2c2cc(C(C)(C)C)cc(C(C)(C)C)c2)cc1. The lowest BCUT2D eigenvalue weighted by Crippen LogP contribution is -2.34. The average molecular weight is 605 g/mol. The van der Waals surface area contributed by atoms with Gasteiger partial charge in [0, 0.05) is 0 Å².